The summed E-state index contributed by atoms with van der Waals surface area (Å²) in [6.07, 6.45) is 0.774. The minimum Gasteiger partial charge on any atom is -0.368 e. The van der Waals surface area contributed by atoms with E-state index in [0.29, 0.717) is 53.2 Å². The van der Waals surface area contributed by atoms with Crippen molar-refractivity contribution in [2.24, 2.45) is 0 Å². The number of hydrogen-bond donors (Lipinski definition) is 1. The van der Waals surface area contributed by atoms with Crippen LogP contribution in [-0.4, -0.2) is 48.9 Å². The first-order chi connectivity index (χ1) is 16.9. The van der Waals surface area contributed by atoms with Gasteiger partial charge in [-0.15, -0.1) is 0 Å². The monoisotopic (exact) mass is 529 g/mol. The van der Waals surface area contributed by atoms with Crippen LogP contribution in [0.5, 0.6) is 0 Å². The van der Waals surface area contributed by atoms with E-state index in [2.05, 4.69) is 10.2 Å². The molecule has 35 heavy (non-hydrogen) atoms. The Morgan fingerprint density at radius 3 is 2.26 bits per heavy atom. The second kappa shape index (κ2) is 11.8. The molecule has 0 saturated carbocycles. The van der Waals surface area contributed by atoms with Gasteiger partial charge in [0.2, 0.25) is 5.91 Å². The van der Waals surface area contributed by atoms with E-state index in [1.807, 2.05) is 47.4 Å². The molecule has 0 radical (unpaired) electrons. The standard InChI is InChI=1S/C27H26Cl3N3O2/c28-21-8-4-7-20(16-21)27(35)31-22(15-19-5-2-1-3-6-19)17-26(34)33-13-11-32(12-14-33)23-9-10-24(29)25(30)18-23/h1-10,16,18,22H,11-15,17H2,(H,31,35). The van der Waals surface area contributed by atoms with Crippen LogP contribution >= 0.6 is 34.8 Å². The summed E-state index contributed by atoms with van der Waals surface area (Å²) in [5.74, 6) is -0.225. The first-order valence-corrected chi connectivity index (χ1v) is 12.6. The zero-order chi connectivity index (χ0) is 24.8. The maximum absolute atomic E-state index is 13.2. The van der Waals surface area contributed by atoms with E-state index >= 15 is 0 Å². The fourth-order valence-electron chi connectivity index (χ4n) is 4.21. The number of carbonyl (C=O) groups is 2. The van der Waals surface area contributed by atoms with E-state index in [-0.39, 0.29) is 24.3 Å². The van der Waals surface area contributed by atoms with Crippen LogP contribution in [0.4, 0.5) is 5.69 Å². The van der Waals surface area contributed by atoms with Gasteiger partial charge in [-0.2, -0.15) is 0 Å². The highest BCUT2D eigenvalue weighted by Crippen LogP contribution is 2.28. The molecule has 5 nitrogen and oxygen atoms in total. The van der Waals surface area contributed by atoms with Gasteiger partial charge in [-0.3, -0.25) is 9.59 Å². The summed E-state index contributed by atoms with van der Waals surface area (Å²) in [4.78, 5) is 30.1. The van der Waals surface area contributed by atoms with Crippen molar-refractivity contribution in [2.45, 2.75) is 18.9 Å². The fraction of sp³-hybridized carbons (Fsp3) is 0.259. The molecule has 0 spiro atoms. The molecule has 3 aromatic rings. The Kier molecular flexibility index (Phi) is 8.55. The molecule has 1 unspecified atom stereocenters. The van der Waals surface area contributed by atoms with Crippen LogP contribution in [-0.2, 0) is 11.2 Å². The lowest BCUT2D eigenvalue weighted by atomic mass is 10.0. The number of hydrogen-bond acceptors (Lipinski definition) is 3. The summed E-state index contributed by atoms with van der Waals surface area (Å²) < 4.78 is 0. The summed E-state index contributed by atoms with van der Waals surface area (Å²) >= 11 is 18.3. The van der Waals surface area contributed by atoms with Gasteiger partial charge in [0, 0.05) is 54.9 Å². The second-order valence-corrected chi connectivity index (χ2v) is 9.79. The maximum Gasteiger partial charge on any atom is 0.251 e. The molecule has 2 amide bonds. The maximum atomic E-state index is 13.2. The number of carbonyl (C=O) groups excluding carboxylic acids is 2. The van der Waals surface area contributed by atoms with E-state index in [1.165, 1.54) is 0 Å². The molecule has 1 aliphatic heterocycles. The van der Waals surface area contributed by atoms with Crippen molar-refractivity contribution in [3.05, 3.63) is 99.0 Å². The van der Waals surface area contributed by atoms with Crippen LogP contribution in [0.3, 0.4) is 0 Å². The van der Waals surface area contributed by atoms with Gasteiger partial charge in [0.25, 0.3) is 5.91 Å². The largest absolute Gasteiger partial charge is 0.368 e. The van der Waals surface area contributed by atoms with Crippen molar-refractivity contribution in [1.29, 1.82) is 0 Å². The number of halogens is 3. The number of anilines is 1. The number of benzene rings is 3. The number of nitrogens with one attached hydrogen (secondary N) is 1. The molecule has 182 valence electrons. The van der Waals surface area contributed by atoms with Gasteiger partial charge in [0.05, 0.1) is 10.0 Å². The number of amides is 2. The van der Waals surface area contributed by atoms with Crippen LogP contribution in [0, 0.1) is 0 Å². The molecule has 1 aliphatic rings. The van der Waals surface area contributed by atoms with Crippen molar-refractivity contribution in [3.63, 3.8) is 0 Å². The summed E-state index contributed by atoms with van der Waals surface area (Å²) in [6.45, 7) is 2.59. The topological polar surface area (TPSA) is 52.7 Å². The molecule has 1 N–H and O–H groups in total. The summed E-state index contributed by atoms with van der Waals surface area (Å²) in [5, 5.41) is 4.57. The van der Waals surface area contributed by atoms with Gasteiger partial charge < -0.3 is 15.1 Å². The number of nitrogens with zero attached hydrogens (tertiary/aromatic N) is 2. The average Bonchev–Trinajstić information content (AvgIpc) is 2.86. The highest BCUT2D eigenvalue weighted by atomic mass is 35.5. The van der Waals surface area contributed by atoms with Crippen molar-refractivity contribution >= 4 is 52.3 Å². The third-order valence-electron chi connectivity index (χ3n) is 6.07. The fourth-order valence-corrected chi connectivity index (χ4v) is 4.69. The molecule has 8 heteroatoms. The van der Waals surface area contributed by atoms with Crippen LogP contribution in [0.2, 0.25) is 15.1 Å². The van der Waals surface area contributed by atoms with Crippen molar-refractivity contribution in [3.8, 4) is 0 Å². The average molecular weight is 531 g/mol. The zero-order valence-corrected chi connectivity index (χ0v) is 21.4. The van der Waals surface area contributed by atoms with Gasteiger partial charge in [-0.1, -0.05) is 71.2 Å². The van der Waals surface area contributed by atoms with Crippen molar-refractivity contribution in [1.82, 2.24) is 10.2 Å². The Hall–Kier alpha value is -2.73. The smallest absolute Gasteiger partial charge is 0.251 e. The van der Waals surface area contributed by atoms with Gasteiger partial charge in [-0.25, -0.2) is 0 Å². The highest BCUT2D eigenvalue weighted by Gasteiger charge is 2.25. The van der Waals surface area contributed by atoms with Gasteiger partial charge >= 0.3 is 0 Å². The zero-order valence-electron chi connectivity index (χ0n) is 19.1. The predicted octanol–water partition coefficient (Wildman–Crippen LogP) is 5.73. The summed E-state index contributed by atoms with van der Waals surface area (Å²) in [6, 6.07) is 21.9. The van der Waals surface area contributed by atoms with E-state index in [4.69, 9.17) is 34.8 Å². The Morgan fingerprint density at radius 2 is 1.57 bits per heavy atom. The summed E-state index contributed by atoms with van der Waals surface area (Å²) in [5.41, 5.74) is 2.52. The van der Waals surface area contributed by atoms with Crippen LogP contribution in [0.15, 0.2) is 72.8 Å². The van der Waals surface area contributed by atoms with Crippen LogP contribution < -0.4 is 10.2 Å². The molecule has 0 aliphatic carbocycles. The minimum absolute atomic E-state index is 0.0195. The Morgan fingerprint density at radius 1 is 0.829 bits per heavy atom. The third kappa shape index (κ3) is 6.91. The molecule has 1 heterocycles. The number of piperazine rings is 1. The molecule has 1 saturated heterocycles. The first kappa shape index (κ1) is 25.4. The van der Waals surface area contributed by atoms with Crippen LogP contribution in [0.1, 0.15) is 22.3 Å². The van der Waals surface area contributed by atoms with E-state index in [0.717, 1.165) is 11.3 Å². The highest BCUT2D eigenvalue weighted by molar-refractivity contribution is 6.42. The van der Waals surface area contributed by atoms with Gasteiger partial charge in [0.1, 0.15) is 0 Å². The SMILES string of the molecule is O=C(NC(CC(=O)N1CCN(c2ccc(Cl)c(Cl)c2)CC1)Cc1ccccc1)c1cccc(Cl)c1. The predicted molar refractivity (Wildman–Crippen MR) is 143 cm³/mol. The van der Waals surface area contributed by atoms with E-state index in [9.17, 15) is 9.59 Å². The van der Waals surface area contributed by atoms with Gasteiger partial charge in [0.15, 0.2) is 0 Å². The molecule has 1 atom stereocenters. The normalized spacial score (nSPS) is 14.5. The lowest BCUT2D eigenvalue weighted by molar-refractivity contribution is -0.131. The third-order valence-corrected chi connectivity index (χ3v) is 7.04. The minimum atomic E-state index is -0.343. The molecular formula is C27H26Cl3N3O2. The van der Waals surface area contributed by atoms with Crippen molar-refractivity contribution in [2.75, 3.05) is 31.1 Å². The summed E-state index contributed by atoms with van der Waals surface area (Å²) in [7, 11) is 0. The Balaban J connectivity index is 1.40. The molecule has 0 bridgehead atoms. The molecule has 3 aromatic carbocycles. The second-order valence-electron chi connectivity index (χ2n) is 8.54. The van der Waals surface area contributed by atoms with E-state index in [1.54, 1.807) is 30.3 Å². The molecule has 1 fully saturated rings. The Bertz CT molecular complexity index is 1180. The molecular weight excluding hydrogens is 505 g/mol. The van der Waals surface area contributed by atoms with Crippen molar-refractivity contribution < 1.29 is 9.59 Å². The van der Waals surface area contributed by atoms with Gasteiger partial charge in [-0.05, 0) is 48.4 Å². The lowest BCUT2D eigenvalue weighted by Crippen LogP contribution is -2.50. The lowest BCUT2D eigenvalue weighted by Gasteiger charge is -2.37. The first-order valence-electron chi connectivity index (χ1n) is 11.5. The molecule has 4 rings (SSSR count). The van der Waals surface area contributed by atoms with Crippen LogP contribution in [0.25, 0.3) is 0 Å². The Labute approximate surface area is 220 Å². The quantitative estimate of drug-likeness (QED) is 0.425. The van der Waals surface area contributed by atoms with E-state index < -0.39 is 0 Å². The number of rotatable bonds is 7. The molecule has 0 aromatic heterocycles.